The zero-order valence-electron chi connectivity index (χ0n) is 15.3. The van der Waals surface area contributed by atoms with Gasteiger partial charge >= 0.3 is 0 Å². The highest BCUT2D eigenvalue weighted by Gasteiger charge is 2.24. The van der Waals surface area contributed by atoms with Crippen LogP contribution in [0.25, 0.3) is 10.2 Å². The van der Waals surface area contributed by atoms with Gasteiger partial charge in [-0.1, -0.05) is 28.9 Å². The third-order valence-corrected chi connectivity index (χ3v) is 5.30. The number of halogens is 1. The van der Waals surface area contributed by atoms with Gasteiger partial charge in [0.1, 0.15) is 5.56 Å². The number of aromatic nitrogens is 1. The maximum absolute atomic E-state index is 12.9. The maximum atomic E-state index is 12.9. The van der Waals surface area contributed by atoms with Crippen molar-refractivity contribution in [1.82, 2.24) is 4.57 Å². The quantitative estimate of drug-likeness (QED) is 0.349. The lowest BCUT2D eigenvalue weighted by molar-refractivity contribution is -0.385. The van der Waals surface area contributed by atoms with Crippen molar-refractivity contribution in [3.8, 4) is 23.8 Å². The van der Waals surface area contributed by atoms with Gasteiger partial charge in [0.15, 0.2) is 16.3 Å². The Bertz CT molecular complexity index is 1240. The van der Waals surface area contributed by atoms with Gasteiger partial charge in [-0.15, -0.1) is 6.42 Å². The smallest absolute Gasteiger partial charge is 0.286 e. The molecule has 0 radical (unpaired) electrons. The van der Waals surface area contributed by atoms with Gasteiger partial charge in [0.25, 0.3) is 11.6 Å². The molecule has 0 fully saturated rings. The third kappa shape index (κ3) is 3.94. The lowest BCUT2D eigenvalue weighted by atomic mass is 10.1. The first-order valence-electron chi connectivity index (χ1n) is 8.11. The van der Waals surface area contributed by atoms with Gasteiger partial charge < -0.3 is 14.0 Å². The fourth-order valence-corrected chi connectivity index (χ4v) is 4.02. The second-order valence-corrected chi connectivity index (χ2v) is 7.13. The number of ether oxygens (including phenoxy) is 2. The summed E-state index contributed by atoms with van der Waals surface area (Å²) in [5, 5.41) is 12.0. The SMILES string of the molecule is C#CCn1c(=NC(=O)c2cc(OC)c(OC)cc2[N+](=O)[O-])sc2cc(Cl)ccc21. The van der Waals surface area contributed by atoms with Crippen molar-refractivity contribution >= 4 is 44.7 Å². The lowest BCUT2D eigenvalue weighted by Crippen LogP contribution is -2.17. The molecule has 0 N–H and O–H groups in total. The van der Waals surface area contributed by atoms with Crippen molar-refractivity contribution in [3.63, 3.8) is 0 Å². The first kappa shape index (κ1) is 20.4. The Hall–Kier alpha value is -3.35. The van der Waals surface area contributed by atoms with Crippen LogP contribution in [-0.4, -0.2) is 29.6 Å². The number of thiazole rings is 1. The van der Waals surface area contributed by atoms with Gasteiger partial charge in [-0.25, -0.2) is 0 Å². The molecule has 0 atom stereocenters. The van der Waals surface area contributed by atoms with Gasteiger partial charge in [-0.3, -0.25) is 14.9 Å². The zero-order valence-corrected chi connectivity index (χ0v) is 16.9. The molecule has 0 aliphatic carbocycles. The molecule has 0 saturated carbocycles. The van der Waals surface area contributed by atoms with E-state index in [2.05, 4.69) is 10.9 Å². The Kier molecular flexibility index (Phi) is 5.87. The van der Waals surface area contributed by atoms with Gasteiger partial charge in [0, 0.05) is 11.1 Å². The van der Waals surface area contributed by atoms with Crippen molar-refractivity contribution in [2.45, 2.75) is 6.54 Å². The molecule has 0 bridgehead atoms. The first-order chi connectivity index (χ1) is 13.9. The molecule has 2 aromatic carbocycles. The summed E-state index contributed by atoms with van der Waals surface area (Å²) in [6.07, 6.45) is 5.45. The van der Waals surface area contributed by atoms with Gasteiger partial charge in [0.2, 0.25) is 0 Å². The summed E-state index contributed by atoms with van der Waals surface area (Å²) in [5.41, 5.74) is 0.0881. The predicted octanol–water partition coefficient (Wildman–Crippen LogP) is 3.66. The van der Waals surface area contributed by atoms with E-state index in [0.29, 0.717) is 9.82 Å². The molecule has 1 aromatic heterocycles. The fraction of sp³-hybridized carbons (Fsp3) is 0.158. The minimum atomic E-state index is -0.805. The standard InChI is InChI=1S/C19H14ClN3O5S/c1-4-7-22-13-6-5-11(20)8-17(13)29-19(22)21-18(24)12-9-15(27-2)16(28-3)10-14(12)23(25)26/h1,5-6,8-10H,7H2,2-3H3. The molecule has 0 unspecified atom stereocenters. The molecular formula is C19H14ClN3O5S. The van der Waals surface area contributed by atoms with Crippen LogP contribution in [0.2, 0.25) is 5.02 Å². The van der Waals surface area contributed by atoms with Crippen LogP contribution in [0.4, 0.5) is 5.69 Å². The van der Waals surface area contributed by atoms with E-state index in [9.17, 15) is 14.9 Å². The molecule has 148 valence electrons. The molecule has 29 heavy (non-hydrogen) atoms. The Labute approximate surface area is 174 Å². The summed E-state index contributed by atoms with van der Waals surface area (Å²) in [6, 6.07) is 7.57. The van der Waals surface area contributed by atoms with Gasteiger partial charge in [-0.05, 0) is 18.2 Å². The summed E-state index contributed by atoms with van der Waals surface area (Å²) < 4.78 is 12.7. The molecule has 3 rings (SSSR count). The summed E-state index contributed by atoms with van der Waals surface area (Å²) >= 11 is 7.24. The third-order valence-electron chi connectivity index (χ3n) is 4.02. The number of carbonyl (C=O) groups is 1. The zero-order chi connectivity index (χ0) is 21.1. The fourth-order valence-electron chi connectivity index (χ4n) is 2.71. The van der Waals surface area contributed by atoms with Crippen molar-refractivity contribution in [1.29, 1.82) is 0 Å². The highest BCUT2D eigenvalue weighted by atomic mass is 35.5. The molecule has 1 amide bonds. The van der Waals surface area contributed by atoms with Crippen LogP contribution in [-0.2, 0) is 6.54 Å². The molecule has 0 aliphatic rings. The van der Waals surface area contributed by atoms with Crippen LogP contribution in [0.1, 0.15) is 10.4 Å². The van der Waals surface area contributed by atoms with Crippen LogP contribution >= 0.6 is 22.9 Å². The number of nitrogens with zero attached hydrogens (tertiary/aromatic N) is 3. The number of rotatable bonds is 5. The van der Waals surface area contributed by atoms with Crippen LogP contribution in [0.3, 0.4) is 0 Å². The Morgan fingerprint density at radius 3 is 2.62 bits per heavy atom. The number of fused-ring (bicyclic) bond motifs is 1. The maximum Gasteiger partial charge on any atom is 0.286 e. The average molecular weight is 432 g/mol. The highest BCUT2D eigenvalue weighted by molar-refractivity contribution is 7.16. The topological polar surface area (TPSA) is 96.0 Å². The lowest BCUT2D eigenvalue weighted by Gasteiger charge is -2.08. The Balaban J connectivity index is 2.22. The molecule has 10 heteroatoms. The summed E-state index contributed by atoms with van der Waals surface area (Å²) in [4.78, 5) is 28.0. The molecule has 0 spiro atoms. The van der Waals surface area contributed by atoms with Crippen molar-refractivity contribution in [2.75, 3.05) is 14.2 Å². The summed E-state index contributed by atoms with van der Waals surface area (Å²) in [7, 11) is 2.71. The number of nitro groups is 1. The molecule has 3 aromatic rings. The first-order valence-corrected chi connectivity index (χ1v) is 9.30. The monoisotopic (exact) mass is 431 g/mol. The van der Waals surface area contributed by atoms with Gasteiger partial charge in [-0.2, -0.15) is 4.99 Å². The minimum Gasteiger partial charge on any atom is -0.493 e. The van der Waals surface area contributed by atoms with Crippen LogP contribution in [0.5, 0.6) is 11.5 Å². The van der Waals surface area contributed by atoms with E-state index >= 15 is 0 Å². The largest absolute Gasteiger partial charge is 0.493 e. The van der Waals surface area contributed by atoms with E-state index in [-0.39, 0.29) is 23.6 Å². The number of nitro benzene ring substituents is 1. The molecule has 8 nitrogen and oxygen atoms in total. The number of amides is 1. The van der Waals surface area contributed by atoms with E-state index < -0.39 is 16.5 Å². The van der Waals surface area contributed by atoms with E-state index in [1.165, 1.54) is 31.6 Å². The molecule has 1 heterocycles. The van der Waals surface area contributed by atoms with Crippen molar-refractivity contribution < 1.29 is 19.2 Å². The van der Waals surface area contributed by atoms with Crippen molar-refractivity contribution in [2.24, 2.45) is 4.99 Å². The molecule has 0 saturated heterocycles. The van der Waals surface area contributed by atoms with E-state index in [1.807, 2.05) is 0 Å². The van der Waals surface area contributed by atoms with Crippen molar-refractivity contribution in [3.05, 3.63) is 55.8 Å². The number of terminal acetylenes is 1. The Morgan fingerprint density at radius 2 is 2.00 bits per heavy atom. The van der Waals surface area contributed by atoms with E-state index in [0.717, 1.165) is 16.3 Å². The number of hydrogen-bond donors (Lipinski definition) is 0. The number of carbonyl (C=O) groups excluding carboxylic acids is 1. The molecule has 0 aliphatic heterocycles. The summed E-state index contributed by atoms with van der Waals surface area (Å²) in [6.45, 7) is 0.168. The average Bonchev–Trinajstić information content (AvgIpc) is 3.02. The second-order valence-electron chi connectivity index (χ2n) is 5.69. The number of hydrogen-bond acceptors (Lipinski definition) is 6. The van der Waals surface area contributed by atoms with E-state index in [4.69, 9.17) is 27.5 Å². The predicted molar refractivity (Wildman–Crippen MR) is 110 cm³/mol. The van der Waals surface area contributed by atoms with Crippen LogP contribution < -0.4 is 14.3 Å². The highest BCUT2D eigenvalue weighted by Crippen LogP contribution is 2.34. The van der Waals surface area contributed by atoms with E-state index in [1.54, 1.807) is 22.8 Å². The second kappa shape index (κ2) is 8.34. The Morgan fingerprint density at radius 1 is 1.31 bits per heavy atom. The van der Waals surface area contributed by atoms with Gasteiger partial charge in [0.05, 0.1) is 42.0 Å². The number of methoxy groups -OCH3 is 2. The van der Waals surface area contributed by atoms with Crippen LogP contribution in [0, 0.1) is 22.5 Å². The molecular weight excluding hydrogens is 418 g/mol. The number of benzene rings is 2. The van der Waals surface area contributed by atoms with Crippen LogP contribution in [0.15, 0.2) is 35.3 Å². The summed E-state index contributed by atoms with van der Waals surface area (Å²) in [5.74, 6) is 2.02. The normalized spacial score (nSPS) is 11.3. The minimum absolute atomic E-state index is 0.134.